The Labute approximate surface area is 206 Å². The number of likely N-dealkylation sites (N-methyl/N-ethyl adjacent to an activating group) is 1. The van der Waals surface area contributed by atoms with Gasteiger partial charge in [0.25, 0.3) is 0 Å². The van der Waals surface area contributed by atoms with Crippen LogP contribution in [0.25, 0.3) is 0 Å². The number of hydrogen-bond acceptors (Lipinski definition) is 3. The number of nitrogens with two attached hydrogens (primary N) is 1. The largest absolute Gasteiger partial charge is 0.319 e. The molecule has 0 bridgehead atoms. The van der Waals surface area contributed by atoms with E-state index in [9.17, 15) is 4.79 Å². The molecule has 1 amide bonds. The Balaban J connectivity index is 1.70. The van der Waals surface area contributed by atoms with Crippen molar-refractivity contribution in [1.29, 1.82) is 0 Å². The quantitative estimate of drug-likeness (QED) is 0.324. The van der Waals surface area contributed by atoms with Gasteiger partial charge in [-0.25, -0.2) is 0 Å². The highest BCUT2D eigenvalue weighted by Gasteiger charge is 2.38. The lowest BCUT2D eigenvalue weighted by atomic mass is 9.84. The van der Waals surface area contributed by atoms with Crippen LogP contribution in [-0.2, 0) is 9.54 Å². The maximum atomic E-state index is 13.3. The summed E-state index contributed by atoms with van der Waals surface area (Å²) in [6.07, 6.45) is 0. The van der Waals surface area contributed by atoms with E-state index in [1.807, 2.05) is 49.4 Å². The number of nitrogens with zero attached hydrogens (tertiary/aromatic N) is 1. The van der Waals surface area contributed by atoms with Gasteiger partial charge in [-0.3, -0.25) is 4.79 Å². The van der Waals surface area contributed by atoms with E-state index in [2.05, 4.69) is 72.8 Å². The van der Waals surface area contributed by atoms with Gasteiger partial charge in [0.15, 0.2) is 0 Å². The highest BCUT2D eigenvalue weighted by molar-refractivity contribution is 8.00. The van der Waals surface area contributed by atoms with Gasteiger partial charge in [-0.1, -0.05) is 103 Å². The molecular weight excluding hydrogens is 436 g/mol. The molecule has 0 aliphatic rings. The molecule has 34 heavy (non-hydrogen) atoms. The third-order valence-corrected chi connectivity index (χ3v) is 7.72. The van der Waals surface area contributed by atoms with E-state index in [1.165, 1.54) is 0 Å². The van der Waals surface area contributed by atoms with E-state index in [0.717, 1.165) is 27.9 Å². The number of amides is 1. The third-order valence-electron chi connectivity index (χ3n) is 6.06. The van der Waals surface area contributed by atoms with Crippen molar-refractivity contribution in [3.63, 3.8) is 0 Å². The van der Waals surface area contributed by atoms with Crippen LogP contribution in [0.1, 0.15) is 22.3 Å². The highest BCUT2D eigenvalue weighted by Crippen LogP contribution is 2.48. The summed E-state index contributed by atoms with van der Waals surface area (Å²) >= 11 is 1.71. The van der Waals surface area contributed by atoms with Crippen molar-refractivity contribution in [2.24, 2.45) is 5.73 Å². The Kier molecular flexibility index (Phi) is 7.51. The number of carbonyl (C=O) groups excluding carboxylic acids is 1. The van der Waals surface area contributed by atoms with E-state index < -0.39 is 10.8 Å². The topological polar surface area (TPSA) is 46.3 Å². The first kappa shape index (κ1) is 23.8. The van der Waals surface area contributed by atoms with Crippen LogP contribution in [-0.4, -0.2) is 24.7 Å². The molecular formula is C30H30N2OS. The van der Waals surface area contributed by atoms with Crippen molar-refractivity contribution < 1.29 is 4.79 Å². The summed E-state index contributed by atoms with van der Waals surface area (Å²) in [5.74, 6) is 0.370. The van der Waals surface area contributed by atoms with Crippen LogP contribution in [0.2, 0.25) is 0 Å². The summed E-state index contributed by atoms with van der Waals surface area (Å²) in [5, 5.41) is 0. The maximum absolute atomic E-state index is 13.3. The van der Waals surface area contributed by atoms with Gasteiger partial charge in [0.05, 0.1) is 10.8 Å². The number of thioether (sulfide) groups is 1. The minimum atomic E-state index is -0.647. The molecule has 0 saturated carbocycles. The number of benzene rings is 4. The fourth-order valence-corrected chi connectivity index (χ4v) is 5.75. The minimum absolute atomic E-state index is 0.0961. The van der Waals surface area contributed by atoms with Crippen LogP contribution >= 0.6 is 11.8 Å². The Bertz CT molecular complexity index is 1120. The first-order chi connectivity index (χ1) is 16.5. The lowest BCUT2D eigenvalue weighted by Gasteiger charge is -2.36. The molecule has 0 aliphatic heterocycles. The van der Waals surface area contributed by atoms with Gasteiger partial charge in [-0.2, -0.15) is 0 Å². The lowest BCUT2D eigenvalue weighted by Crippen LogP contribution is -2.44. The summed E-state index contributed by atoms with van der Waals surface area (Å²) in [7, 11) is 1.79. The van der Waals surface area contributed by atoms with Gasteiger partial charge in [0, 0.05) is 18.5 Å². The molecule has 4 heteroatoms. The normalized spacial score (nSPS) is 12.2. The van der Waals surface area contributed by atoms with Crippen LogP contribution in [0.5, 0.6) is 0 Å². The number of hydrogen-bond donors (Lipinski definition) is 1. The molecule has 4 aromatic rings. The third kappa shape index (κ3) is 4.93. The van der Waals surface area contributed by atoms with Gasteiger partial charge in [-0.05, 0) is 41.3 Å². The van der Waals surface area contributed by atoms with E-state index in [0.29, 0.717) is 5.75 Å². The molecule has 4 rings (SSSR count). The fraction of sp³-hybridized carbons (Fsp3) is 0.167. The molecule has 0 aromatic heterocycles. The summed E-state index contributed by atoms with van der Waals surface area (Å²) in [5.41, 5.74) is 12.0. The molecule has 0 unspecified atom stereocenters. The summed E-state index contributed by atoms with van der Waals surface area (Å²) in [6, 6.07) is 38.6. The first-order valence-electron chi connectivity index (χ1n) is 11.4. The maximum Gasteiger partial charge on any atom is 0.244 e. The predicted octanol–water partition coefficient (Wildman–Crippen LogP) is 6.01. The van der Waals surface area contributed by atoms with Crippen molar-refractivity contribution in [2.75, 3.05) is 17.7 Å². The molecule has 2 N–H and O–H groups in total. The van der Waals surface area contributed by atoms with Crippen molar-refractivity contribution in [3.05, 3.63) is 138 Å². The average Bonchev–Trinajstić information content (AvgIpc) is 2.90. The standard InChI is InChI=1S/C30H30N2OS/c1-23-13-12-20-27(21-23)32(2)29(33)28(31)22-34-30(24-14-6-3-7-15-24,25-16-8-4-9-17-25)26-18-10-5-11-19-26/h3-21,28H,22,31H2,1-2H3/t28-/m0/s1. The summed E-state index contributed by atoms with van der Waals surface area (Å²) in [6.45, 7) is 2.02. The molecule has 0 fully saturated rings. The Hall–Kier alpha value is -3.34. The van der Waals surface area contributed by atoms with Crippen LogP contribution < -0.4 is 10.6 Å². The van der Waals surface area contributed by atoms with Gasteiger partial charge >= 0.3 is 0 Å². The molecule has 0 radical (unpaired) electrons. The molecule has 4 aromatic carbocycles. The zero-order valence-electron chi connectivity index (χ0n) is 19.6. The number of anilines is 1. The zero-order chi connectivity index (χ0) is 24.0. The zero-order valence-corrected chi connectivity index (χ0v) is 20.4. The SMILES string of the molecule is Cc1cccc(N(C)C(=O)[C@@H](N)CSC(c2ccccc2)(c2ccccc2)c2ccccc2)c1. The molecule has 1 atom stereocenters. The fourth-order valence-electron chi connectivity index (χ4n) is 4.27. The Morgan fingerprint density at radius 1 is 0.794 bits per heavy atom. The number of rotatable bonds is 8. The van der Waals surface area contributed by atoms with Crippen LogP contribution in [0, 0.1) is 6.92 Å². The van der Waals surface area contributed by atoms with E-state index in [-0.39, 0.29) is 5.91 Å². The summed E-state index contributed by atoms with van der Waals surface area (Å²) in [4.78, 5) is 14.9. The van der Waals surface area contributed by atoms with Crippen molar-refractivity contribution in [3.8, 4) is 0 Å². The average molecular weight is 467 g/mol. The second kappa shape index (κ2) is 10.7. The van der Waals surface area contributed by atoms with Crippen molar-refractivity contribution in [2.45, 2.75) is 17.7 Å². The van der Waals surface area contributed by atoms with Crippen LogP contribution in [0.15, 0.2) is 115 Å². The second-order valence-electron chi connectivity index (χ2n) is 8.43. The van der Waals surface area contributed by atoms with Gasteiger partial charge in [-0.15, -0.1) is 11.8 Å². The smallest absolute Gasteiger partial charge is 0.244 e. The molecule has 0 saturated heterocycles. The molecule has 0 aliphatic carbocycles. The van der Waals surface area contributed by atoms with Gasteiger partial charge < -0.3 is 10.6 Å². The molecule has 3 nitrogen and oxygen atoms in total. The molecule has 0 spiro atoms. The number of aryl methyl sites for hydroxylation is 1. The monoisotopic (exact) mass is 466 g/mol. The van der Waals surface area contributed by atoms with Crippen molar-refractivity contribution >= 4 is 23.4 Å². The second-order valence-corrected chi connectivity index (χ2v) is 9.67. The van der Waals surface area contributed by atoms with Crippen LogP contribution in [0.3, 0.4) is 0 Å². The highest BCUT2D eigenvalue weighted by atomic mass is 32.2. The number of carbonyl (C=O) groups is 1. The first-order valence-corrected chi connectivity index (χ1v) is 12.4. The minimum Gasteiger partial charge on any atom is -0.319 e. The van der Waals surface area contributed by atoms with Gasteiger partial charge in [0.2, 0.25) is 5.91 Å². The summed E-state index contributed by atoms with van der Waals surface area (Å²) < 4.78 is -0.496. The van der Waals surface area contributed by atoms with Crippen molar-refractivity contribution in [1.82, 2.24) is 0 Å². The van der Waals surface area contributed by atoms with Gasteiger partial charge in [0.1, 0.15) is 0 Å². The predicted molar refractivity (Wildman–Crippen MR) is 144 cm³/mol. The molecule has 0 heterocycles. The molecule has 172 valence electrons. The van der Waals surface area contributed by atoms with Crippen LogP contribution in [0.4, 0.5) is 5.69 Å². The van der Waals surface area contributed by atoms with E-state index in [4.69, 9.17) is 5.73 Å². The Morgan fingerprint density at radius 3 is 1.71 bits per heavy atom. The lowest BCUT2D eigenvalue weighted by molar-refractivity contribution is -0.119. The van der Waals surface area contributed by atoms with E-state index in [1.54, 1.807) is 23.7 Å². The Morgan fingerprint density at radius 2 is 1.26 bits per heavy atom. The van der Waals surface area contributed by atoms with E-state index >= 15 is 0 Å².